The molecule has 0 N–H and O–H groups in total. The standard InChI is InChI=1S/C69H100O16/c1-9-13-17-21-25-29-41-78-57-37-33-53(45-61(57)74-5)65(70)82-49-69(50-83-66(71)54-34-38-58(62(46-54)75-6)79-42-30-26-22-18-14-10-2,51-84-67(72)55-35-39-59(63(47-55)76-7)80-43-31-27-23-19-15-11-3)52-85-68(73)56-36-40-60(64(48-56)77-8)81-44-32-28-24-20-16-12-4/h33-40,45-48H,9-32,41-44,49-52H2,1-8H3. The predicted molar refractivity (Wildman–Crippen MR) is 331 cm³/mol. The van der Waals surface area contributed by atoms with E-state index in [2.05, 4.69) is 27.7 Å². The third-order valence-corrected chi connectivity index (χ3v) is 14.7. The normalized spacial score (nSPS) is 11.1. The Morgan fingerprint density at radius 3 is 0.682 bits per heavy atom. The van der Waals surface area contributed by atoms with E-state index in [1.807, 2.05) is 0 Å². The number of unbranched alkanes of at least 4 members (excludes halogenated alkanes) is 20. The minimum Gasteiger partial charge on any atom is -0.493 e. The van der Waals surface area contributed by atoms with Crippen LogP contribution in [-0.2, 0) is 18.9 Å². The quantitative estimate of drug-likeness (QED) is 0.0231. The largest absolute Gasteiger partial charge is 0.493 e. The molecule has 0 saturated carbocycles. The molecule has 16 heteroatoms. The zero-order valence-electron chi connectivity index (χ0n) is 52.6. The summed E-state index contributed by atoms with van der Waals surface area (Å²) in [6.45, 7) is 8.34. The van der Waals surface area contributed by atoms with E-state index in [9.17, 15) is 19.2 Å². The van der Waals surface area contributed by atoms with Crippen molar-refractivity contribution in [1.29, 1.82) is 0 Å². The highest BCUT2D eigenvalue weighted by atomic mass is 16.6. The highest BCUT2D eigenvalue weighted by Gasteiger charge is 2.39. The Bertz CT molecular complexity index is 2190. The Balaban J connectivity index is 1.67. The summed E-state index contributed by atoms with van der Waals surface area (Å²) in [5.41, 5.74) is -1.25. The smallest absolute Gasteiger partial charge is 0.338 e. The fraction of sp³-hybridized carbons (Fsp3) is 0.594. The molecule has 85 heavy (non-hydrogen) atoms. The summed E-state index contributed by atoms with van der Waals surface area (Å²) < 4.78 is 71.1. The lowest BCUT2D eigenvalue weighted by Crippen LogP contribution is -2.44. The van der Waals surface area contributed by atoms with Crippen molar-refractivity contribution in [2.75, 3.05) is 81.3 Å². The van der Waals surface area contributed by atoms with Crippen molar-refractivity contribution in [3.8, 4) is 46.0 Å². The van der Waals surface area contributed by atoms with Crippen LogP contribution in [0.25, 0.3) is 0 Å². The first-order chi connectivity index (χ1) is 41.5. The van der Waals surface area contributed by atoms with Crippen molar-refractivity contribution in [1.82, 2.24) is 0 Å². The van der Waals surface area contributed by atoms with Crippen molar-refractivity contribution in [3.63, 3.8) is 0 Å². The predicted octanol–water partition coefficient (Wildman–Crippen LogP) is 16.4. The molecule has 0 heterocycles. The first-order valence-corrected chi connectivity index (χ1v) is 31.4. The summed E-state index contributed by atoms with van der Waals surface area (Å²) >= 11 is 0. The Morgan fingerprint density at radius 1 is 0.282 bits per heavy atom. The molecule has 0 unspecified atom stereocenters. The minimum absolute atomic E-state index is 0.117. The molecule has 0 aromatic heterocycles. The Labute approximate surface area is 507 Å². The van der Waals surface area contributed by atoms with Crippen LogP contribution in [0.2, 0.25) is 0 Å². The topological polar surface area (TPSA) is 179 Å². The van der Waals surface area contributed by atoms with Gasteiger partial charge in [-0.25, -0.2) is 19.2 Å². The average Bonchev–Trinajstić information content (AvgIpc) is 3.59. The van der Waals surface area contributed by atoms with E-state index in [0.717, 1.165) is 77.0 Å². The van der Waals surface area contributed by atoms with Crippen LogP contribution in [0.1, 0.15) is 223 Å². The molecule has 16 nitrogen and oxygen atoms in total. The van der Waals surface area contributed by atoms with E-state index in [1.165, 1.54) is 130 Å². The first-order valence-electron chi connectivity index (χ1n) is 31.4. The zero-order valence-corrected chi connectivity index (χ0v) is 52.6. The van der Waals surface area contributed by atoms with Crippen LogP contribution in [0.5, 0.6) is 46.0 Å². The fourth-order valence-corrected chi connectivity index (χ4v) is 9.37. The molecule has 472 valence electrons. The van der Waals surface area contributed by atoms with Gasteiger partial charge in [0.25, 0.3) is 0 Å². The van der Waals surface area contributed by atoms with Gasteiger partial charge >= 0.3 is 23.9 Å². The first kappa shape index (κ1) is 70.6. The van der Waals surface area contributed by atoms with Gasteiger partial charge in [-0.2, -0.15) is 0 Å². The SMILES string of the molecule is CCCCCCCCOc1ccc(C(=O)OCC(COC(=O)c2ccc(OCCCCCCCC)c(OC)c2)(COC(=O)c2ccc(OCCCCCCCC)c(OC)c2)COC(=O)c2ccc(OCCCCCCCC)c(OC)c2)cc1OC. The van der Waals surface area contributed by atoms with Gasteiger partial charge < -0.3 is 56.8 Å². The maximum Gasteiger partial charge on any atom is 0.338 e. The van der Waals surface area contributed by atoms with Gasteiger partial charge in [-0.1, -0.05) is 156 Å². The Hall–Kier alpha value is -6.84. The van der Waals surface area contributed by atoms with Crippen molar-refractivity contribution in [2.45, 2.75) is 182 Å². The van der Waals surface area contributed by atoms with E-state index in [0.29, 0.717) is 72.4 Å². The molecule has 4 aromatic rings. The maximum atomic E-state index is 14.2. The number of hydrogen-bond donors (Lipinski definition) is 0. The Kier molecular flexibility index (Phi) is 35.0. The molecule has 4 rings (SSSR count). The summed E-state index contributed by atoms with van der Waals surface area (Å²) in [6.07, 6.45) is 26.3. The highest BCUT2D eigenvalue weighted by Crippen LogP contribution is 2.34. The molecule has 0 aliphatic carbocycles. The second kappa shape index (κ2) is 42.1. The molecule has 0 saturated heterocycles. The molecular formula is C69H100O16. The van der Waals surface area contributed by atoms with Crippen LogP contribution < -0.4 is 37.9 Å². The van der Waals surface area contributed by atoms with Crippen LogP contribution in [0, 0.1) is 5.41 Å². The molecular weight excluding hydrogens is 1080 g/mol. The van der Waals surface area contributed by atoms with Crippen LogP contribution >= 0.6 is 0 Å². The molecule has 0 aliphatic rings. The monoisotopic (exact) mass is 1180 g/mol. The van der Waals surface area contributed by atoms with Crippen LogP contribution in [-0.4, -0.2) is 105 Å². The minimum atomic E-state index is -1.72. The van der Waals surface area contributed by atoms with Gasteiger partial charge in [-0.05, 0) is 98.5 Å². The molecule has 0 atom stereocenters. The number of rotatable bonds is 48. The van der Waals surface area contributed by atoms with E-state index in [1.54, 1.807) is 48.5 Å². The molecule has 0 bridgehead atoms. The van der Waals surface area contributed by atoms with Crippen molar-refractivity contribution < 1.29 is 76.0 Å². The molecule has 0 amide bonds. The van der Waals surface area contributed by atoms with Crippen LogP contribution in [0.15, 0.2) is 72.8 Å². The van der Waals surface area contributed by atoms with Crippen molar-refractivity contribution in [2.24, 2.45) is 5.41 Å². The second-order valence-corrected chi connectivity index (χ2v) is 21.7. The number of carbonyl (C=O) groups is 4. The fourth-order valence-electron chi connectivity index (χ4n) is 9.37. The third kappa shape index (κ3) is 26.1. The summed E-state index contributed by atoms with van der Waals surface area (Å²) in [5, 5.41) is 0. The number of benzene rings is 4. The number of hydrogen-bond acceptors (Lipinski definition) is 16. The molecule has 0 fully saturated rings. The van der Waals surface area contributed by atoms with Gasteiger partial charge in [-0.3, -0.25) is 0 Å². The number of carbonyl (C=O) groups excluding carboxylic acids is 4. The number of methoxy groups -OCH3 is 4. The molecule has 4 aromatic carbocycles. The summed E-state index contributed by atoms with van der Waals surface area (Å²) in [6, 6.07) is 18.8. The van der Waals surface area contributed by atoms with Crippen LogP contribution in [0.3, 0.4) is 0 Å². The Morgan fingerprint density at radius 2 is 0.482 bits per heavy atom. The van der Waals surface area contributed by atoms with E-state index in [4.69, 9.17) is 56.8 Å². The second-order valence-electron chi connectivity index (χ2n) is 21.7. The summed E-state index contributed by atoms with van der Waals surface area (Å²) in [4.78, 5) is 56.7. The van der Waals surface area contributed by atoms with Crippen molar-refractivity contribution in [3.05, 3.63) is 95.1 Å². The molecule has 0 radical (unpaired) electrons. The maximum absolute atomic E-state index is 14.2. The zero-order chi connectivity index (χ0) is 61.3. The van der Waals surface area contributed by atoms with Gasteiger partial charge in [0.15, 0.2) is 46.0 Å². The lowest BCUT2D eigenvalue weighted by atomic mass is 9.92. The third-order valence-electron chi connectivity index (χ3n) is 14.7. The van der Waals surface area contributed by atoms with Crippen LogP contribution in [0.4, 0.5) is 0 Å². The number of ether oxygens (including phenoxy) is 12. The molecule has 0 aliphatic heterocycles. The van der Waals surface area contributed by atoms with Gasteiger partial charge in [0.05, 0.1) is 77.1 Å². The van der Waals surface area contributed by atoms with Gasteiger partial charge in [-0.15, -0.1) is 0 Å². The van der Waals surface area contributed by atoms with E-state index >= 15 is 0 Å². The summed E-state index contributed by atoms with van der Waals surface area (Å²) in [5.74, 6) is -0.0407. The number of esters is 4. The lowest BCUT2D eigenvalue weighted by Gasteiger charge is -2.31. The lowest BCUT2D eigenvalue weighted by molar-refractivity contribution is -0.0642. The van der Waals surface area contributed by atoms with Gasteiger partial charge in [0, 0.05) is 0 Å². The van der Waals surface area contributed by atoms with E-state index in [-0.39, 0.29) is 22.3 Å². The van der Waals surface area contributed by atoms with Gasteiger partial charge in [0.2, 0.25) is 0 Å². The van der Waals surface area contributed by atoms with E-state index < -0.39 is 55.7 Å². The summed E-state index contributed by atoms with van der Waals surface area (Å²) in [7, 11) is 5.93. The van der Waals surface area contributed by atoms with Crippen molar-refractivity contribution >= 4 is 23.9 Å². The molecule has 0 spiro atoms. The average molecular weight is 1190 g/mol. The highest BCUT2D eigenvalue weighted by molar-refractivity contribution is 5.92. The van der Waals surface area contributed by atoms with Gasteiger partial charge in [0.1, 0.15) is 31.8 Å².